The second kappa shape index (κ2) is 36.9. The lowest BCUT2D eigenvalue weighted by Gasteiger charge is -2.44. The van der Waals surface area contributed by atoms with Crippen molar-refractivity contribution in [3.63, 3.8) is 0 Å². The molecule has 0 unspecified atom stereocenters. The quantitative estimate of drug-likeness (QED) is 0.0274. The first-order chi connectivity index (χ1) is 55.9. The molecule has 8 saturated heterocycles. The number of carboxylic acids is 3. The number of aromatic hydroxyl groups is 2. The molecule has 15 rings (SSSR count). The third-order valence-corrected chi connectivity index (χ3v) is 25.8. The van der Waals surface area contributed by atoms with E-state index in [4.69, 9.17) is 20.7 Å². The first-order valence-corrected chi connectivity index (χ1v) is 40.3. The van der Waals surface area contributed by atoms with Gasteiger partial charge in [-0.3, -0.25) is 63.3 Å². The average molecular weight is 1680 g/mol. The van der Waals surface area contributed by atoms with Crippen LogP contribution in [0, 0.1) is 0 Å². The number of aliphatic hydroxyl groups is 1. The number of aliphatic carboxylic acids is 3. The second-order valence-electron chi connectivity index (χ2n) is 29.1. The molecule has 7 amide bonds. The number of nitrogens with one attached hydrogen (secondary N) is 3. The number of carbonyl (C=O) groups is 11. The Morgan fingerprint density at radius 3 is 1.41 bits per heavy atom. The Labute approximate surface area is 687 Å². The first-order valence-electron chi connectivity index (χ1n) is 36.8. The number of aliphatic hydroxyl groups excluding tert-OH is 1. The van der Waals surface area contributed by atoms with Crippen molar-refractivity contribution in [1.29, 1.82) is 0 Å². The number of fused-ring (bicyclic) bond motifs is 4. The maximum Gasteiger partial charge on any atom is 0.333 e. The minimum atomic E-state index is -1.18. The number of carbonyl (C=O) groups excluding carboxylic acids is 8. The minimum absolute atomic E-state index is 0.0101. The van der Waals surface area contributed by atoms with E-state index in [1.165, 1.54) is 123 Å². The summed E-state index contributed by atoms with van der Waals surface area (Å²) in [5.41, 5.74) is 11.1. The van der Waals surface area contributed by atoms with Gasteiger partial charge in [-0.25, -0.2) is 23.9 Å². The Hall–Kier alpha value is -11.3. The van der Waals surface area contributed by atoms with Crippen LogP contribution in [0.2, 0.25) is 0 Å². The summed E-state index contributed by atoms with van der Waals surface area (Å²) in [4.78, 5) is 163. The van der Waals surface area contributed by atoms with Crippen LogP contribution in [0.25, 0.3) is 0 Å². The van der Waals surface area contributed by atoms with Gasteiger partial charge in [-0.1, -0.05) is 59.8 Å². The predicted octanol–water partition coefficient (Wildman–Crippen LogP) is 3.32. The molecule has 5 aromatic heterocycles. The van der Waals surface area contributed by atoms with Crippen molar-refractivity contribution in [1.82, 2.24) is 80.3 Å². The first kappa shape index (κ1) is 85.1. The molecule has 0 spiro atoms. The molecule has 0 radical (unpaired) electrons. The molecule has 2 aromatic carbocycles. The number of carboxylic acid groups (broad SMARTS) is 3. The highest BCUT2D eigenvalue weighted by Gasteiger charge is 2.66. The van der Waals surface area contributed by atoms with E-state index in [2.05, 4.69) is 51.1 Å². The van der Waals surface area contributed by atoms with Crippen LogP contribution in [0.3, 0.4) is 0 Å². The summed E-state index contributed by atoms with van der Waals surface area (Å²) < 4.78 is 5.26. The molecule has 8 aliphatic rings. The number of rotatable bonds is 26. The Bertz CT molecular complexity index is 4830. The molecule has 117 heavy (non-hydrogen) atoms. The number of ether oxygens (including phenoxy) is 1. The predicted molar refractivity (Wildman–Crippen MR) is 426 cm³/mol. The zero-order valence-electron chi connectivity index (χ0n) is 63.7. The molecule has 614 valence electrons. The molecule has 35 nitrogen and oxygen atoms in total. The number of esters is 1. The van der Waals surface area contributed by atoms with Crippen molar-refractivity contribution in [3.05, 3.63) is 214 Å². The Balaban J connectivity index is 0.000000153. The third-order valence-electron chi connectivity index (χ3n) is 20.0. The summed E-state index contributed by atoms with van der Waals surface area (Å²) in [5.74, 6) is -6.23. The Morgan fingerprint density at radius 1 is 0.564 bits per heavy atom. The monoisotopic (exact) mass is 1680 g/mol. The lowest BCUT2D eigenvalue weighted by Crippen LogP contribution is -2.71. The van der Waals surface area contributed by atoms with Gasteiger partial charge in [0.25, 0.3) is 0 Å². The van der Waals surface area contributed by atoms with Crippen molar-refractivity contribution in [2.45, 2.75) is 159 Å². The number of hydrogen-bond acceptors (Lipinski definition) is 28. The molecule has 7 aromatic rings. The zero-order valence-corrected chi connectivity index (χ0v) is 67.0. The van der Waals surface area contributed by atoms with E-state index >= 15 is 0 Å². The van der Waals surface area contributed by atoms with Crippen molar-refractivity contribution >= 4 is 112 Å². The van der Waals surface area contributed by atoms with Crippen LogP contribution in [0.15, 0.2) is 174 Å². The highest BCUT2D eigenvalue weighted by atomic mass is 32.2. The summed E-state index contributed by atoms with van der Waals surface area (Å²) in [6, 6.07) is 27.2. The molecule has 0 aliphatic carbocycles. The summed E-state index contributed by atoms with van der Waals surface area (Å²) in [5, 5.41) is 71.5. The van der Waals surface area contributed by atoms with Crippen LogP contribution < -0.4 is 21.7 Å². The SMILES string of the molecule is CC1(C)S[C@@H]2[C@H](NC(=O)[C@H](N)c3ccc(O)cc3)C(=O)N2[C@H]1C(=O)O.CC1(C)S[C@@H]2[C@H](NC(=O)[C@H](NC(=O)CN(Cc3ccccn3)Cc3ccccn3)c3ccc(O)cc3)C(=O)N2[C@H]1C(=O)O.COC(=O)[C@H]1/C(=C/Cn2cc(CN(Cc3ccccn3)Cc3ccccn3)nn2)S[C@@H]2CC(=O)N21.O=C(O)[C@H]1/C(=C/CO)S[C@@H]2CC(=O)N21. The fraction of sp³-hybridized carbons (Fsp3) is 0.372. The van der Waals surface area contributed by atoms with Crippen molar-refractivity contribution in [2.24, 2.45) is 5.73 Å². The van der Waals surface area contributed by atoms with E-state index < -0.39 is 122 Å². The summed E-state index contributed by atoms with van der Waals surface area (Å²) in [7, 11) is 1.34. The maximum atomic E-state index is 13.6. The fourth-order valence-electron chi connectivity index (χ4n) is 14.4. The lowest BCUT2D eigenvalue weighted by atomic mass is 9.95. The van der Waals surface area contributed by atoms with Crippen molar-refractivity contribution in [3.8, 4) is 11.5 Å². The number of amides is 7. The molecule has 11 N–H and O–H groups in total. The molecule has 39 heteroatoms. The number of hydrogen-bond donors (Lipinski definition) is 10. The molecule has 0 saturated carbocycles. The highest BCUT2D eigenvalue weighted by molar-refractivity contribution is 8.04. The smallest absolute Gasteiger partial charge is 0.333 e. The van der Waals surface area contributed by atoms with Crippen molar-refractivity contribution < 1.29 is 88.1 Å². The van der Waals surface area contributed by atoms with E-state index in [0.717, 1.165) is 33.4 Å². The number of allylic oxidation sites excluding steroid dienone is 1. The molecule has 12 atom stereocenters. The topological polar surface area (TPSA) is 482 Å². The molecule has 0 bridgehead atoms. The minimum Gasteiger partial charge on any atom is -0.508 e. The van der Waals surface area contributed by atoms with Gasteiger partial charge in [-0.15, -0.1) is 52.1 Å². The molecule has 8 fully saturated rings. The van der Waals surface area contributed by atoms with E-state index in [1.54, 1.807) is 74.2 Å². The second-order valence-corrected chi connectivity index (χ2v) is 35.1. The van der Waals surface area contributed by atoms with Gasteiger partial charge in [0.05, 0.1) is 85.1 Å². The lowest BCUT2D eigenvalue weighted by molar-refractivity contribution is -0.161. The molecular weight excluding hydrogens is 1590 g/mol. The van der Waals surface area contributed by atoms with E-state index in [1.807, 2.05) is 77.8 Å². The third kappa shape index (κ3) is 19.5. The van der Waals surface area contributed by atoms with Crippen LogP contribution in [0.4, 0.5) is 0 Å². The summed E-state index contributed by atoms with van der Waals surface area (Å²) >= 11 is 5.55. The summed E-state index contributed by atoms with van der Waals surface area (Å²) in [6.45, 7) is 9.79. The van der Waals surface area contributed by atoms with Crippen LogP contribution >= 0.6 is 47.0 Å². The van der Waals surface area contributed by atoms with Crippen LogP contribution in [0.5, 0.6) is 11.5 Å². The molecule has 8 aliphatic heterocycles. The number of thioether (sulfide) groups is 4. The number of phenols is 2. The number of phenolic OH excluding ortho intramolecular Hbond substituents is 2. The highest BCUT2D eigenvalue weighted by Crippen LogP contribution is 2.53. The van der Waals surface area contributed by atoms with E-state index in [-0.39, 0.29) is 47.2 Å². The van der Waals surface area contributed by atoms with Gasteiger partial charge in [0.15, 0.2) is 12.1 Å². The number of nitrogens with zero attached hydrogens (tertiary/aromatic N) is 13. The number of benzene rings is 2. The van der Waals surface area contributed by atoms with Gasteiger partial charge in [0, 0.05) is 76.8 Å². The number of nitrogens with two attached hydrogens (primary N) is 1. The molecular formula is C78H85N17O18S4. The maximum absolute atomic E-state index is 13.6. The normalized spacial score (nSPS) is 23.7. The van der Waals surface area contributed by atoms with Gasteiger partial charge in [-0.05, 0) is 118 Å². The number of pyridine rings is 4. The fourth-order valence-corrected chi connectivity index (χ4v) is 20.5. The van der Waals surface area contributed by atoms with Crippen molar-refractivity contribution in [2.75, 3.05) is 20.3 Å². The van der Waals surface area contributed by atoms with Gasteiger partial charge < -0.3 is 76.7 Å². The van der Waals surface area contributed by atoms with Gasteiger partial charge in [0.1, 0.15) is 58.5 Å². The van der Waals surface area contributed by atoms with Gasteiger partial charge in [-0.2, -0.15) is 0 Å². The van der Waals surface area contributed by atoms with E-state index in [9.17, 15) is 73.2 Å². The van der Waals surface area contributed by atoms with Crippen LogP contribution in [-0.2, 0) is 96.7 Å². The summed E-state index contributed by atoms with van der Waals surface area (Å²) in [6.07, 6.45) is 13.0. The number of aromatic nitrogens is 7. The van der Waals surface area contributed by atoms with Gasteiger partial charge in [0.2, 0.25) is 41.4 Å². The largest absolute Gasteiger partial charge is 0.508 e. The Kier molecular flexibility index (Phi) is 26.8. The van der Waals surface area contributed by atoms with Crippen LogP contribution in [-0.4, -0.2) is 248 Å². The van der Waals surface area contributed by atoms with Gasteiger partial charge >= 0.3 is 23.9 Å². The number of methoxy groups -OCH3 is 1. The standard InChI is InChI=1S/C30H32N6O6S.C24H25N7O3S.C16H19N3O5S.C8H9NO4S/c1-30(2)25(29(41)42)36-27(40)24(28(36)43-30)34-26(39)23(18-9-11-21(37)12-10-18)33-22(38)17-35(15-19-7-3-5-13-31-19)16-20-8-4-6-14-32-20;1-34-24(33)23-20(35-22-12-21(32)31(22)23)8-11-30-16-19(27-28-30)15-29(13-17-6-2-4-9-25-17)14-18-7-3-5-10-26-18;1-16(2)11(15(23)24)19-13(22)10(14(19)25-16)18-12(21)9(17)7-3-5-8(20)6-4-7;10-2-1-4-7(8(12)13)9-5(11)3-6(9)14-4/h3-14,23-25,28,37H,15-17H2,1-2H3,(H,33,38)(H,34,39)(H,41,42);2-10,16,22-23H,11-15H2,1H3;3-6,9-11,14,20H,17H2,1-2H3,(H,18,21)(H,23,24);1,6-7,10H,2-3H2,(H,12,13)/b;20-8-;;4-1-/t23-,24-,25+,28-;22-,23-;9-,10-,11+,14-;6-,7-/m1111/s1. The van der Waals surface area contributed by atoms with E-state index in [0.29, 0.717) is 68.1 Å². The molecule has 13 heterocycles. The average Bonchev–Trinajstić information content (AvgIpc) is 1.54. The zero-order chi connectivity index (χ0) is 83.7. The number of β-lactam (4-membered cyclic amide) rings is 4. The van der Waals surface area contributed by atoms with Crippen LogP contribution in [0.1, 0.15) is 92.2 Å². The Morgan fingerprint density at radius 2 is 0.991 bits per heavy atom.